The van der Waals surface area contributed by atoms with E-state index in [1.54, 1.807) is 16.7 Å². The van der Waals surface area contributed by atoms with Gasteiger partial charge in [0, 0.05) is 29.5 Å². The molecule has 2 heterocycles. The van der Waals surface area contributed by atoms with E-state index in [1.807, 2.05) is 55.5 Å². The highest BCUT2D eigenvalue weighted by Crippen LogP contribution is 2.34. The van der Waals surface area contributed by atoms with Gasteiger partial charge in [-0.15, -0.1) is 22.0 Å². The van der Waals surface area contributed by atoms with Gasteiger partial charge in [0.2, 0.25) is 11.0 Å². The summed E-state index contributed by atoms with van der Waals surface area (Å²) >= 11 is 3.01. The number of nitrogens with zero attached hydrogens (tertiary/aromatic N) is 3. The molecule has 0 saturated carbocycles. The SMILES string of the molecule is CCCSc1ccccc1C(=O)Nc1nnc(C2CC(=O)N(c3cccc(C)c3)C2)s1. The predicted octanol–water partition coefficient (Wildman–Crippen LogP) is 5.12. The third kappa shape index (κ3) is 4.97. The third-order valence-corrected chi connectivity index (χ3v) is 7.32. The molecule has 0 bridgehead atoms. The molecule has 0 spiro atoms. The molecule has 1 aromatic heterocycles. The quantitative estimate of drug-likeness (QED) is 0.504. The average Bonchev–Trinajstić information content (AvgIpc) is 3.39. The van der Waals surface area contributed by atoms with Crippen LogP contribution in [0.3, 0.4) is 0 Å². The Labute approximate surface area is 190 Å². The summed E-state index contributed by atoms with van der Waals surface area (Å²) in [4.78, 5) is 28.1. The molecule has 3 aromatic rings. The van der Waals surface area contributed by atoms with Crippen molar-refractivity contribution in [2.24, 2.45) is 0 Å². The Morgan fingerprint density at radius 2 is 2.06 bits per heavy atom. The number of carbonyl (C=O) groups is 2. The lowest BCUT2D eigenvalue weighted by Crippen LogP contribution is -2.24. The van der Waals surface area contributed by atoms with Crippen LogP contribution in [-0.2, 0) is 4.79 Å². The van der Waals surface area contributed by atoms with E-state index in [4.69, 9.17) is 0 Å². The lowest BCUT2D eigenvalue weighted by Gasteiger charge is -2.16. The summed E-state index contributed by atoms with van der Waals surface area (Å²) in [5, 5.41) is 12.5. The maximum atomic E-state index is 12.8. The van der Waals surface area contributed by atoms with Gasteiger partial charge >= 0.3 is 0 Å². The summed E-state index contributed by atoms with van der Waals surface area (Å²) in [5.74, 6) is 0.827. The van der Waals surface area contributed by atoms with Crippen LogP contribution in [-0.4, -0.2) is 34.3 Å². The molecule has 31 heavy (non-hydrogen) atoms. The summed E-state index contributed by atoms with van der Waals surface area (Å²) in [6.45, 7) is 4.70. The van der Waals surface area contributed by atoms with Gasteiger partial charge in [-0.05, 0) is 48.9 Å². The van der Waals surface area contributed by atoms with Gasteiger partial charge in [-0.2, -0.15) is 0 Å². The Morgan fingerprint density at radius 1 is 1.23 bits per heavy atom. The van der Waals surface area contributed by atoms with E-state index in [1.165, 1.54) is 11.3 Å². The number of rotatable bonds is 7. The minimum atomic E-state index is -0.189. The number of carbonyl (C=O) groups excluding carboxylic acids is 2. The first kappa shape index (κ1) is 21.5. The molecule has 1 saturated heterocycles. The minimum absolute atomic E-state index is 0.0245. The van der Waals surface area contributed by atoms with E-state index in [-0.39, 0.29) is 17.7 Å². The number of aryl methyl sites for hydroxylation is 1. The molecular weight excluding hydrogens is 428 g/mol. The smallest absolute Gasteiger partial charge is 0.258 e. The standard InChI is InChI=1S/C23H24N4O2S2/c1-3-11-30-19-10-5-4-9-18(19)21(29)24-23-26-25-22(31-23)16-13-20(28)27(14-16)17-8-6-7-15(2)12-17/h4-10,12,16H,3,11,13-14H2,1-2H3,(H,24,26,29). The van der Waals surface area contributed by atoms with Crippen molar-refractivity contribution in [3.63, 3.8) is 0 Å². The van der Waals surface area contributed by atoms with Crippen LogP contribution >= 0.6 is 23.1 Å². The number of thioether (sulfide) groups is 1. The second-order valence-corrected chi connectivity index (χ2v) is 9.63. The van der Waals surface area contributed by atoms with Crippen LogP contribution in [0.4, 0.5) is 10.8 Å². The summed E-state index contributed by atoms with van der Waals surface area (Å²) < 4.78 is 0. The van der Waals surface area contributed by atoms with Gasteiger partial charge in [0.05, 0.1) is 5.56 Å². The van der Waals surface area contributed by atoms with Crippen molar-refractivity contribution in [1.82, 2.24) is 10.2 Å². The molecule has 1 N–H and O–H groups in total. The van der Waals surface area contributed by atoms with Gasteiger partial charge in [-0.3, -0.25) is 14.9 Å². The van der Waals surface area contributed by atoms with E-state index in [2.05, 4.69) is 22.4 Å². The number of amides is 2. The second-order valence-electron chi connectivity index (χ2n) is 7.49. The number of hydrogen-bond acceptors (Lipinski definition) is 6. The molecule has 1 aliphatic heterocycles. The largest absolute Gasteiger partial charge is 0.312 e. The van der Waals surface area contributed by atoms with Crippen LogP contribution in [0.5, 0.6) is 0 Å². The summed E-state index contributed by atoms with van der Waals surface area (Å²) in [7, 11) is 0. The van der Waals surface area contributed by atoms with Crippen molar-refractivity contribution >= 4 is 45.7 Å². The summed E-state index contributed by atoms with van der Waals surface area (Å²) in [6.07, 6.45) is 1.44. The van der Waals surface area contributed by atoms with Gasteiger partial charge in [-0.25, -0.2) is 0 Å². The van der Waals surface area contributed by atoms with Crippen molar-refractivity contribution < 1.29 is 9.59 Å². The van der Waals surface area contributed by atoms with E-state index >= 15 is 0 Å². The number of benzene rings is 2. The first-order chi connectivity index (χ1) is 15.0. The predicted molar refractivity (Wildman–Crippen MR) is 126 cm³/mol. The van der Waals surface area contributed by atoms with Crippen LogP contribution in [0.1, 0.15) is 46.6 Å². The summed E-state index contributed by atoms with van der Waals surface area (Å²) in [5.41, 5.74) is 2.66. The van der Waals surface area contributed by atoms with Gasteiger partial charge in [-0.1, -0.05) is 42.5 Å². The zero-order chi connectivity index (χ0) is 21.8. The highest BCUT2D eigenvalue weighted by molar-refractivity contribution is 7.99. The number of hydrogen-bond donors (Lipinski definition) is 1. The Hall–Kier alpha value is -2.71. The number of anilines is 2. The van der Waals surface area contributed by atoms with Crippen molar-refractivity contribution in [2.45, 2.75) is 37.5 Å². The fourth-order valence-electron chi connectivity index (χ4n) is 3.53. The zero-order valence-corrected chi connectivity index (χ0v) is 19.1. The first-order valence-corrected chi connectivity index (χ1v) is 12.1. The van der Waals surface area contributed by atoms with Gasteiger partial charge < -0.3 is 4.90 Å². The molecule has 1 fully saturated rings. The molecule has 1 unspecified atom stereocenters. The molecule has 2 aromatic carbocycles. The van der Waals surface area contributed by atoms with Crippen LogP contribution in [0.15, 0.2) is 53.4 Å². The minimum Gasteiger partial charge on any atom is -0.312 e. The third-order valence-electron chi connectivity index (χ3n) is 5.04. The molecule has 160 valence electrons. The van der Waals surface area contributed by atoms with Crippen LogP contribution in [0, 0.1) is 6.92 Å². The van der Waals surface area contributed by atoms with Crippen molar-refractivity contribution in [1.29, 1.82) is 0 Å². The fourth-order valence-corrected chi connectivity index (χ4v) is 5.27. The zero-order valence-electron chi connectivity index (χ0n) is 17.5. The Kier molecular flexibility index (Phi) is 6.67. The number of nitrogens with one attached hydrogen (secondary N) is 1. The highest BCUT2D eigenvalue weighted by Gasteiger charge is 2.34. The highest BCUT2D eigenvalue weighted by atomic mass is 32.2. The first-order valence-electron chi connectivity index (χ1n) is 10.3. The molecule has 0 radical (unpaired) electrons. The van der Waals surface area contributed by atoms with E-state index in [0.29, 0.717) is 23.7 Å². The maximum Gasteiger partial charge on any atom is 0.258 e. The van der Waals surface area contributed by atoms with Crippen molar-refractivity contribution in [3.8, 4) is 0 Å². The molecule has 6 nitrogen and oxygen atoms in total. The number of aromatic nitrogens is 2. The second kappa shape index (κ2) is 9.62. The van der Waals surface area contributed by atoms with Crippen LogP contribution in [0.25, 0.3) is 0 Å². The van der Waals surface area contributed by atoms with Gasteiger partial charge in [0.15, 0.2) is 0 Å². The van der Waals surface area contributed by atoms with E-state index in [9.17, 15) is 9.59 Å². The fraction of sp³-hybridized carbons (Fsp3) is 0.304. The summed E-state index contributed by atoms with van der Waals surface area (Å²) in [6, 6.07) is 15.5. The maximum absolute atomic E-state index is 12.8. The van der Waals surface area contributed by atoms with Gasteiger partial charge in [0.1, 0.15) is 5.01 Å². The Bertz CT molecular complexity index is 1100. The van der Waals surface area contributed by atoms with Crippen LogP contribution in [0.2, 0.25) is 0 Å². The Balaban J connectivity index is 1.44. The van der Waals surface area contributed by atoms with Crippen molar-refractivity contribution in [3.05, 3.63) is 64.7 Å². The lowest BCUT2D eigenvalue weighted by molar-refractivity contribution is -0.117. The molecule has 0 aliphatic carbocycles. The lowest BCUT2D eigenvalue weighted by atomic mass is 10.1. The van der Waals surface area contributed by atoms with E-state index in [0.717, 1.165) is 33.3 Å². The molecule has 1 aliphatic rings. The monoisotopic (exact) mass is 452 g/mol. The molecule has 4 rings (SSSR count). The molecule has 8 heteroatoms. The van der Waals surface area contributed by atoms with Crippen molar-refractivity contribution in [2.75, 3.05) is 22.5 Å². The molecular formula is C23H24N4O2S2. The van der Waals surface area contributed by atoms with Crippen LogP contribution < -0.4 is 10.2 Å². The van der Waals surface area contributed by atoms with E-state index < -0.39 is 0 Å². The Morgan fingerprint density at radius 3 is 2.87 bits per heavy atom. The molecule has 1 atom stereocenters. The van der Waals surface area contributed by atoms with Gasteiger partial charge in [0.25, 0.3) is 5.91 Å². The normalized spacial score (nSPS) is 16.0. The average molecular weight is 453 g/mol. The topological polar surface area (TPSA) is 75.2 Å². The molecule has 2 amide bonds.